The van der Waals surface area contributed by atoms with Crippen molar-refractivity contribution in [3.8, 4) is 11.5 Å². The molecule has 0 saturated heterocycles. The molecular formula is C28H33N5O12. The molecule has 0 bridgehead atoms. The Bertz CT molecular complexity index is 1570. The van der Waals surface area contributed by atoms with Crippen LogP contribution in [0.4, 0.5) is 0 Å². The van der Waals surface area contributed by atoms with Crippen LogP contribution in [0.25, 0.3) is 0 Å². The fourth-order valence-electron chi connectivity index (χ4n) is 3.98. The lowest BCUT2D eigenvalue weighted by Gasteiger charge is -2.16. The summed E-state index contributed by atoms with van der Waals surface area (Å²) in [5.41, 5.74) is -1.67. The van der Waals surface area contributed by atoms with Crippen molar-refractivity contribution in [2.45, 2.75) is 43.9 Å². The number of aliphatic hydroxyl groups excluding tert-OH is 3. The minimum absolute atomic E-state index is 0.00379. The molecule has 0 spiro atoms. The van der Waals surface area contributed by atoms with Gasteiger partial charge in [-0.2, -0.15) is 0 Å². The van der Waals surface area contributed by atoms with Gasteiger partial charge in [0, 0.05) is 32.4 Å². The highest BCUT2D eigenvalue weighted by Gasteiger charge is 2.28. The number of para-hydroxylation sites is 1. The van der Waals surface area contributed by atoms with Crippen molar-refractivity contribution >= 4 is 23.5 Å². The SMILES string of the molecule is O=C(CCNC(=O)C(O)C(O)c1coc(CCC(CO)NC(=O)c2ccccc2O)n1)NCCC(=O)c1ccc(O)c(=O)n1O. The fourth-order valence-corrected chi connectivity index (χ4v) is 3.98. The number of hydrogen-bond donors (Lipinski definition) is 9. The van der Waals surface area contributed by atoms with Crippen molar-refractivity contribution in [2.24, 2.45) is 0 Å². The van der Waals surface area contributed by atoms with Crippen LogP contribution >= 0.6 is 0 Å². The summed E-state index contributed by atoms with van der Waals surface area (Å²) in [5.74, 6) is -3.71. The predicted octanol–water partition coefficient (Wildman–Crippen LogP) is -1.50. The van der Waals surface area contributed by atoms with Crippen LogP contribution in [-0.2, 0) is 16.0 Å². The number of phenols is 1. The van der Waals surface area contributed by atoms with Crippen LogP contribution in [0.1, 0.15) is 57.8 Å². The topological polar surface area (TPSA) is 274 Å². The van der Waals surface area contributed by atoms with Crippen LogP contribution in [0.5, 0.6) is 11.5 Å². The highest BCUT2D eigenvalue weighted by atomic mass is 16.5. The second kappa shape index (κ2) is 16.0. The first-order valence-corrected chi connectivity index (χ1v) is 13.6. The molecule has 3 rings (SSSR count). The van der Waals surface area contributed by atoms with Gasteiger partial charge in [0.05, 0.1) is 18.2 Å². The van der Waals surface area contributed by atoms with Gasteiger partial charge in [0.1, 0.15) is 29.5 Å². The molecule has 17 nitrogen and oxygen atoms in total. The molecule has 3 atom stereocenters. The lowest BCUT2D eigenvalue weighted by molar-refractivity contribution is -0.135. The Hall–Kier alpha value is -5.26. The van der Waals surface area contributed by atoms with Gasteiger partial charge in [-0.25, -0.2) is 4.98 Å². The van der Waals surface area contributed by atoms with E-state index in [2.05, 4.69) is 20.9 Å². The van der Waals surface area contributed by atoms with Crippen molar-refractivity contribution < 1.29 is 54.3 Å². The van der Waals surface area contributed by atoms with Gasteiger partial charge in [0.15, 0.2) is 23.5 Å². The van der Waals surface area contributed by atoms with Crippen molar-refractivity contribution in [2.75, 3.05) is 19.7 Å². The molecule has 0 saturated carbocycles. The average molecular weight is 632 g/mol. The minimum Gasteiger partial charge on any atom is -0.507 e. The number of aromatic hydroxyl groups is 2. The van der Waals surface area contributed by atoms with Gasteiger partial charge in [-0.1, -0.05) is 12.1 Å². The van der Waals surface area contributed by atoms with Gasteiger partial charge in [-0.15, -0.1) is 4.73 Å². The fraction of sp³-hybridized carbons (Fsp3) is 0.357. The molecular weight excluding hydrogens is 598 g/mol. The number of ketones is 1. The van der Waals surface area contributed by atoms with Gasteiger partial charge in [-0.05, 0) is 30.7 Å². The van der Waals surface area contributed by atoms with E-state index in [0.29, 0.717) is 0 Å². The number of carbonyl (C=O) groups is 4. The zero-order valence-corrected chi connectivity index (χ0v) is 23.8. The maximum Gasteiger partial charge on any atom is 0.325 e. The molecule has 9 N–H and O–H groups in total. The van der Waals surface area contributed by atoms with E-state index < -0.39 is 59.7 Å². The van der Waals surface area contributed by atoms with Crippen LogP contribution in [0.2, 0.25) is 0 Å². The van der Waals surface area contributed by atoms with E-state index in [0.717, 1.165) is 18.4 Å². The molecule has 3 amide bonds. The van der Waals surface area contributed by atoms with Crippen molar-refractivity contribution in [3.05, 3.63) is 75.9 Å². The molecule has 0 aliphatic carbocycles. The highest BCUT2D eigenvalue weighted by Crippen LogP contribution is 2.19. The Balaban J connectivity index is 1.38. The number of aryl methyl sites for hydroxylation is 1. The number of Topliss-reactive ketones (excluding diaryl/α,β-unsaturated/α-hetero) is 1. The quantitative estimate of drug-likeness (QED) is 0.0644. The lowest BCUT2D eigenvalue weighted by atomic mass is 10.1. The second-order valence-electron chi connectivity index (χ2n) is 9.75. The summed E-state index contributed by atoms with van der Waals surface area (Å²) in [6.07, 6.45) is -2.95. The lowest BCUT2D eigenvalue weighted by Crippen LogP contribution is -2.40. The van der Waals surface area contributed by atoms with Gasteiger partial charge in [-0.3, -0.25) is 24.0 Å². The molecule has 0 aliphatic heterocycles. The van der Waals surface area contributed by atoms with Gasteiger partial charge >= 0.3 is 5.56 Å². The Morgan fingerprint density at radius 2 is 1.67 bits per heavy atom. The maximum absolute atomic E-state index is 12.4. The van der Waals surface area contributed by atoms with Crippen LogP contribution in [-0.4, -0.2) is 95.8 Å². The van der Waals surface area contributed by atoms with Crippen molar-refractivity contribution in [1.82, 2.24) is 25.7 Å². The third-order valence-electron chi connectivity index (χ3n) is 6.50. The molecule has 242 valence electrons. The number of aliphatic hydroxyl groups is 3. The number of pyridine rings is 1. The average Bonchev–Trinajstić information content (AvgIpc) is 3.50. The van der Waals surface area contributed by atoms with Gasteiger partial charge in [0.2, 0.25) is 5.91 Å². The molecule has 2 heterocycles. The largest absolute Gasteiger partial charge is 0.507 e. The summed E-state index contributed by atoms with van der Waals surface area (Å²) in [4.78, 5) is 64.3. The maximum atomic E-state index is 12.4. The minimum atomic E-state index is -1.96. The number of benzene rings is 1. The molecule has 0 radical (unpaired) electrons. The van der Waals surface area contributed by atoms with Crippen molar-refractivity contribution in [3.63, 3.8) is 0 Å². The summed E-state index contributed by atoms with van der Waals surface area (Å²) >= 11 is 0. The Kier molecular flexibility index (Phi) is 12.2. The first-order chi connectivity index (χ1) is 21.4. The first kappa shape index (κ1) is 34.2. The van der Waals surface area contributed by atoms with Crippen LogP contribution < -0.4 is 21.5 Å². The third-order valence-corrected chi connectivity index (χ3v) is 6.50. The zero-order valence-electron chi connectivity index (χ0n) is 23.8. The Morgan fingerprint density at radius 3 is 2.38 bits per heavy atom. The second-order valence-corrected chi connectivity index (χ2v) is 9.75. The number of oxazole rings is 1. The first-order valence-electron chi connectivity index (χ1n) is 13.6. The van der Waals surface area contributed by atoms with Crippen molar-refractivity contribution in [1.29, 1.82) is 0 Å². The number of rotatable bonds is 16. The molecule has 2 aromatic heterocycles. The van der Waals surface area contributed by atoms with E-state index in [1.807, 2.05) is 0 Å². The summed E-state index contributed by atoms with van der Waals surface area (Å²) in [6, 6.07) is 7.18. The van der Waals surface area contributed by atoms with Crippen LogP contribution in [0.3, 0.4) is 0 Å². The number of hydrogen-bond acceptors (Lipinski definition) is 13. The summed E-state index contributed by atoms with van der Waals surface area (Å²) in [5, 5.41) is 66.2. The molecule has 0 aliphatic rings. The molecule has 45 heavy (non-hydrogen) atoms. The highest BCUT2D eigenvalue weighted by molar-refractivity contribution is 5.97. The predicted molar refractivity (Wildman–Crippen MR) is 151 cm³/mol. The van der Waals surface area contributed by atoms with E-state index in [9.17, 15) is 54.7 Å². The molecule has 1 aromatic carbocycles. The van der Waals surface area contributed by atoms with E-state index in [1.165, 1.54) is 12.1 Å². The smallest absolute Gasteiger partial charge is 0.325 e. The van der Waals surface area contributed by atoms with E-state index >= 15 is 0 Å². The standard InChI is InChI=1S/C28H33N5O12/c34-13-15(31-26(41)16-3-1-2-4-19(16)35)5-8-23-32-17(14-45-23)24(39)25(40)27(42)30-12-10-22(38)29-11-9-20(36)18-6-7-21(37)28(43)33(18)44/h1-4,6-7,14-15,24-25,34-35,37,39-40,44H,5,8-13H2,(H,29,38)(H,30,42)(H,31,41). The number of nitrogens with one attached hydrogen (secondary N) is 3. The van der Waals surface area contributed by atoms with E-state index in [4.69, 9.17) is 4.42 Å². The third kappa shape index (κ3) is 9.36. The summed E-state index contributed by atoms with van der Waals surface area (Å²) in [7, 11) is 0. The summed E-state index contributed by atoms with van der Waals surface area (Å²) in [6.45, 7) is -0.800. The number of carbonyl (C=O) groups excluding carboxylic acids is 4. The van der Waals surface area contributed by atoms with E-state index in [1.54, 1.807) is 12.1 Å². The van der Waals surface area contributed by atoms with Crippen LogP contribution in [0, 0.1) is 0 Å². The molecule has 3 unspecified atom stereocenters. The number of phenolic OH excluding ortho intramolecular Hbond substituents is 1. The van der Waals surface area contributed by atoms with E-state index in [-0.39, 0.29) is 72.1 Å². The Labute approximate surface area is 254 Å². The Morgan fingerprint density at radius 1 is 0.956 bits per heavy atom. The molecule has 17 heteroatoms. The van der Waals surface area contributed by atoms with Gasteiger partial charge in [0.25, 0.3) is 11.8 Å². The number of amides is 3. The zero-order chi connectivity index (χ0) is 33.1. The monoisotopic (exact) mass is 631 g/mol. The summed E-state index contributed by atoms with van der Waals surface area (Å²) < 4.78 is 5.27. The normalized spacial score (nSPS) is 13.0. The van der Waals surface area contributed by atoms with Gasteiger partial charge < -0.3 is 51.1 Å². The number of nitrogens with zero attached hydrogens (tertiary/aromatic N) is 2. The molecule has 0 fully saturated rings. The van der Waals surface area contributed by atoms with Crippen LogP contribution in [0.15, 0.2) is 51.9 Å². The molecule has 3 aromatic rings. The number of aromatic nitrogens is 2.